The Morgan fingerprint density at radius 3 is 2.77 bits per heavy atom. The van der Waals surface area contributed by atoms with E-state index in [0.29, 0.717) is 25.2 Å². The molecule has 1 aliphatic rings. The van der Waals surface area contributed by atoms with Gasteiger partial charge in [-0.2, -0.15) is 0 Å². The first kappa shape index (κ1) is 20.4. The second-order valence-electron chi connectivity index (χ2n) is 7.76. The Labute approximate surface area is 154 Å². The maximum Gasteiger partial charge on any atom is 0.410 e. The predicted octanol–water partition coefficient (Wildman–Crippen LogP) is 4.36. The van der Waals surface area contributed by atoms with Crippen LogP contribution in [0.2, 0.25) is 0 Å². The Morgan fingerprint density at radius 2 is 2.12 bits per heavy atom. The normalized spacial score (nSPS) is 18.3. The van der Waals surface area contributed by atoms with Gasteiger partial charge in [0.15, 0.2) is 0 Å². The van der Waals surface area contributed by atoms with Crippen molar-refractivity contribution in [3.8, 4) is 0 Å². The van der Waals surface area contributed by atoms with Gasteiger partial charge in [0.05, 0.1) is 0 Å². The largest absolute Gasteiger partial charge is 0.444 e. The van der Waals surface area contributed by atoms with Crippen molar-refractivity contribution in [1.29, 1.82) is 0 Å². The quantitative estimate of drug-likeness (QED) is 0.842. The second kappa shape index (κ2) is 8.62. The molecule has 0 spiro atoms. The van der Waals surface area contributed by atoms with Crippen LogP contribution >= 0.6 is 0 Å². The lowest BCUT2D eigenvalue weighted by Crippen LogP contribution is -2.44. The number of ether oxygens (including phenoxy) is 1. The summed E-state index contributed by atoms with van der Waals surface area (Å²) >= 11 is 0. The van der Waals surface area contributed by atoms with E-state index >= 15 is 0 Å². The number of benzene rings is 1. The number of amides is 1. The molecule has 1 amide bonds. The summed E-state index contributed by atoms with van der Waals surface area (Å²) in [6.45, 7) is 9.38. The molecule has 1 fully saturated rings. The van der Waals surface area contributed by atoms with Crippen LogP contribution in [0.15, 0.2) is 23.8 Å². The maximum absolute atomic E-state index is 13.7. The van der Waals surface area contributed by atoms with Crippen molar-refractivity contribution in [3.63, 3.8) is 0 Å². The molecule has 0 unspecified atom stereocenters. The average Bonchev–Trinajstić information content (AvgIpc) is 2.97. The van der Waals surface area contributed by atoms with Crippen molar-refractivity contribution in [3.05, 3.63) is 41.0 Å². The summed E-state index contributed by atoms with van der Waals surface area (Å²) in [5.41, 5.74) is 0.787. The number of halogens is 2. The van der Waals surface area contributed by atoms with Gasteiger partial charge in [-0.05, 0) is 52.7 Å². The standard InChI is InChI=1S/C20H28F2N2O2/c1-14(10-15-7-8-16(21)11-18(15)22)12-23-13-17-6-5-9-24(17)19(25)26-20(2,3)4/h7-8,10-11,17,23H,5-6,9,12-13H2,1-4H3/b14-10+/t17-/m1/s1. The molecule has 0 aromatic heterocycles. The minimum atomic E-state index is -0.584. The molecule has 1 saturated heterocycles. The van der Waals surface area contributed by atoms with E-state index < -0.39 is 17.2 Å². The van der Waals surface area contributed by atoms with Gasteiger partial charge in [0, 0.05) is 37.3 Å². The molecule has 1 aromatic rings. The molecule has 6 heteroatoms. The summed E-state index contributed by atoms with van der Waals surface area (Å²) < 4.78 is 32.1. The number of rotatable bonds is 5. The number of nitrogens with one attached hydrogen (secondary N) is 1. The molecule has 26 heavy (non-hydrogen) atoms. The lowest BCUT2D eigenvalue weighted by Gasteiger charge is -2.28. The summed E-state index contributed by atoms with van der Waals surface area (Å²) in [7, 11) is 0. The molecular weight excluding hydrogens is 338 g/mol. The van der Waals surface area contributed by atoms with Gasteiger partial charge in [-0.1, -0.05) is 11.6 Å². The lowest BCUT2D eigenvalue weighted by atomic mass is 10.1. The van der Waals surface area contributed by atoms with Crippen LogP contribution in [0.4, 0.5) is 13.6 Å². The third kappa shape index (κ3) is 6.09. The van der Waals surface area contributed by atoms with E-state index in [4.69, 9.17) is 4.74 Å². The maximum atomic E-state index is 13.7. The average molecular weight is 366 g/mol. The third-order valence-electron chi connectivity index (χ3n) is 4.15. The molecule has 1 heterocycles. The molecular formula is C20H28F2N2O2. The van der Waals surface area contributed by atoms with E-state index in [1.165, 1.54) is 12.1 Å². The molecule has 1 aromatic carbocycles. The van der Waals surface area contributed by atoms with Crippen LogP contribution in [-0.2, 0) is 4.74 Å². The van der Waals surface area contributed by atoms with Crippen LogP contribution in [0.1, 0.15) is 46.1 Å². The molecule has 0 bridgehead atoms. The summed E-state index contributed by atoms with van der Waals surface area (Å²) in [5, 5.41) is 3.31. The minimum Gasteiger partial charge on any atom is -0.444 e. The monoisotopic (exact) mass is 366 g/mol. The number of hydrogen-bond donors (Lipinski definition) is 1. The molecule has 144 valence electrons. The Bertz CT molecular complexity index is 668. The topological polar surface area (TPSA) is 41.6 Å². The first-order valence-electron chi connectivity index (χ1n) is 8.98. The lowest BCUT2D eigenvalue weighted by molar-refractivity contribution is 0.0227. The van der Waals surface area contributed by atoms with E-state index in [0.717, 1.165) is 24.5 Å². The third-order valence-corrected chi connectivity index (χ3v) is 4.15. The van der Waals surface area contributed by atoms with Crippen LogP contribution in [-0.4, -0.2) is 42.3 Å². The molecule has 0 radical (unpaired) electrons. The molecule has 0 aliphatic carbocycles. The Kier molecular flexibility index (Phi) is 6.75. The zero-order valence-electron chi connectivity index (χ0n) is 15.9. The highest BCUT2D eigenvalue weighted by Crippen LogP contribution is 2.20. The van der Waals surface area contributed by atoms with Crippen LogP contribution in [0.3, 0.4) is 0 Å². The summed E-state index contributed by atoms with van der Waals surface area (Å²) in [6.07, 6.45) is 3.31. The predicted molar refractivity (Wildman–Crippen MR) is 98.8 cm³/mol. The number of carbonyl (C=O) groups is 1. The molecule has 0 saturated carbocycles. The van der Waals surface area contributed by atoms with Crippen molar-refractivity contribution in [1.82, 2.24) is 10.2 Å². The SMILES string of the molecule is C/C(=C\c1ccc(F)cc1F)CNC[C@H]1CCCN1C(=O)OC(C)(C)C. The first-order valence-corrected chi connectivity index (χ1v) is 8.98. The highest BCUT2D eigenvalue weighted by Gasteiger charge is 2.31. The van der Waals surface area contributed by atoms with Gasteiger partial charge in [0.1, 0.15) is 17.2 Å². The van der Waals surface area contributed by atoms with Crippen molar-refractivity contribution in [2.45, 2.75) is 52.2 Å². The Morgan fingerprint density at radius 1 is 1.38 bits per heavy atom. The van der Waals surface area contributed by atoms with Crippen LogP contribution in [0, 0.1) is 11.6 Å². The van der Waals surface area contributed by atoms with Gasteiger partial charge < -0.3 is 15.0 Å². The smallest absolute Gasteiger partial charge is 0.410 e. The van der Waals surface area contributed by atoms with Crippen LogP contribution in [0.25, 0.3) is 6.08 Å². The van der Waals surface area contributed by atoms with Gasteiger partial charge in [0.2, 0.25) is 0 Å². The number of nitrogens with zero attached hydrogens (tertiary/aromatic N) is 1. The van der Waals surface area contributed by atoms with Crippen LogP contribution < -0.4 is 5.32 Å². The minimum absolute atomic E-state index is 0.0974. The highest BCUT2D eigenvalue weighted by molar-refractivity contribution is 5.69. The Balaban J connectivity index is 1.86. The van der Waals surface area contributed by atoms with E-state index in [1.807, 2.05) is 27.7 Å². The van der Waals surface area contributed by atoms with Crippen molar-refractivity contribution >= 4 is 12.2 Å². The van der Waals surface area contributed by atoms with E-state index in [1.54, 1.807) is 11.0 Å². The van der Waals surface area contributed by atoms with Gasteiger partial charge in [-0.15, -0.1) is 0 Å². The van der Waals surface area contributed by atoms with Crippen molar-refractivity contribution < 1.29 is 18.3 Å². The number of hydrogen-bond acceptors (Lipinski definition) is 3. The van der Waals surface area contributed by atoms with E-state index in [-0.39, 0.29) is 12.1 Å². The van der Waals surface area contributed by atoms with E-state index in [2.05, 4.69) is 5.32 Å². The molecule has 1 N–H and O–H groups in total. The molecule has 4 nitrogen and oxygen atoms in total. The number of carbonyl (C=O) groups excluding carboxylic acids is 1. The van der Waals surface area contributed by atoms with Gasteiger partial charge in [-0.3, -0.25) is 0 Å². The van der Waals surface area contributed by atoms with Gasteiger partial charge >= 0.3 is 6.09 Å². The zero-order chi connectivity index (χ0) is 19.3. The van der Waals surface area contributed by atoms with Crippen molar-refractivity contribution in [2.75, 3.05) is 19.6 Å². The fourth-order valence-corrected chi connectivity index (χ4v) is 2.98. The molecule has 1 aliphatic heterocycles. The first-order chi connectivity index (χ1) is 12.2. The summed E-state index contributed by atoms with van der Waals surface area (Å²) in [5.74, 6) is -1.16. The second-order valence-corrected chi connectivity index (χ2v) is 7.76. The fraction of sp³-hybridized carbons (Fsp3) is 0.550. The molecule has 2 rings (SSSR count). The molecule has 1 atom stereocenters. The van der Waals surface area contributed by atoms with Crippen LogP contribution in [0.5, 0.6) is 0 Å². The Hall–Kier alpha value is -1.95. The zero-order valence-corrected chi connectivity index (χ0v) is 15.9. The van der Waals surface area contributed by atoms with Gasteiger partial charge in [-0.25, -0.2) is 13.6 Å². The fourth-order valence-electron chi connectivity index (χ4n) is 2.98. The van der Waals surface area contributed by atoms with Crippen molar-refractivity contribution in [2.24, 2.45) is 0 Å². The number of likely N-dealkylation sites (tertiary alicyclic amines) is 1. The van der Waals surface area contributed by atoms with E-state index in [9.17, 15) is 13.6 Å². The summed E-state index contributed by atoms with van der Waals surface area (Å²) in [6, 6.07) is 3.65. The highest BCUT2D eigenvalue weighted by atomic mass is 19.1. The summed E-state index contributed by atoms with van der Waals surface area (Å²) in [4.78, 5) is 14.0. The van der Waals surface area contributed by atoms with Gasteiger partial charge in [0.25, 0.3) is 0 Å².